The molecule has 1 aromatic rings. The van der Waals surface area contributed by atoms with Crippen molar-refractivity contribution >= 4 is 12.2 Å². The molecule has 0 aromatic heterocycles. The second-order valence-corrected chi connectivity index (χ2v) is 7.32. The van der Waals surface area contributed by atoms with Crippen LogP contribution in [0.1, 0.15) is 39.2 Å². The van der Waals surface area contributed by atoms with Gasteiger partial charge in [0.25, 0.3) is 0 Å². The van der Waals surface area contributed by atoms with Crippen LogP contribution in [-0.2, 0) is 16.1 Å². The summed E-state index contributed by atoms with van der Waals surface area (Å²) in [5.74, 6) is 0. The Hall–Kier alpha value is -2.31. The van der Waals surface area contributed by atoms with Crippen LogP contribution >= 0.6 is 0 Å². The Morgan fingerprint density at radius 2 is 1.84 bits per heavy atom. The van der Waals surface area contributed by atoms with Crippen molar-refractivity contribution in [3.05, 3.63) is 35.9 Å². The van der Waals surface area contributed by atoms with Crippen molar-refractivity contribution in [2.45, 2.75) is 57.5 Å². The number of carbonyl (C=O) groups is 2. The Kier molecular flexibility index (Phi) is 5.87. The highest BCUT2D eigenvalue weighted by atomic mass is 19.1. The number of alkyl halides is 1. The molecule has 0 bridgehead atoms. The van der Waals surface area contributed by atoms with Crippen LogP contribution in [0.2, 0.25) is 0 Å². The van der Waals surface area contributed by atoms with Gasteiger partial charge >= 0.3 is 12.2 Å². The van der Waals surface area contributed by atoms with Gasteiger partial charge in [-0.3, -0.25) is 0 Å². The average molecular weight is 352 g/mol. The summed E-state index contributed by atoms with van der Waals surface area (Å²) < 4.78 is 24.5. The highest BCUT2D eigenvalue weighted by molar-refractivity contribution is 5.68. The minimum absolute atomic E-state index is 0.128. The van der Waals surface area contributed by atoms with E-state index in [9.17, 15) is 14.0 Å². The van der Waals surface area contributed by atoms with Crippen molar-refractivity contribution in [3.8, 4) is 0 Å². The third kappa shape index (κ3) is 6.60. The van der Waals surface area contributed by atoms with Gasteiger partial charge < -0.3 is 20.1 Å². The molecule has 1 aromatic carbocycles. The molecule has 1 fully saturated rings. The molecule has 25 heavy (non-hydrogen) atoms. The van der Waals surface area contributed by atoms with Crippen LogP contribution in [0.4, 0.5) is 14.0 Å². The van der Waals surface area contributed by atoms with Gasteiger partial charge in [-0.25, -0.2) is 14.0 Å². The third-order valence-corrected chi connectivity index (χ3v) is 3.71. The van der Waals surface area contributed by atoms with Gasteiger partial charge in [0.2, 0.25) is 0 Å². The van der Waals surface area contributed by atoms with Crippen LogP contribution in [0.5, 0.6) is 0 Å². The van der Waals surface area contributed by atoms with Crippen molar-refractivity contribution in [3.63, 3.8) is 0 Å². The van der Waals surface area contributed by atoms with Gasteiger partial charge in [-0.05, 0) is 26.3 Å². The molecule has 0 atom stereocenters. The van der Waals surface area contributed by atoms with Gasteiger partial charge in [0.05, 0.1) is 6.54 Å². The van der Waals surface area contributed by atoms with Gasteiger partial charge in [-0.1, -0.05) is 30.3 Å². The molecule has 2 amide bonds. The Balaban J connectivity index is 1.63. The summed E-state index contributed by atoms with van der Waals surface area (Å²) in [6.45, 7) is 5.24. The zero-order valence-electron chi connectivity index (χ0n) is 14.8. The molecule has 0 heterocycles. The lowest BCUT2D eigenvalue weighted by Crippen LogP contribution is -2.57. The Bertz CT molecular complexity index is 595. The van der Waals surface area contributed by atoms with Crippen LogP contribution in [0, 0.1) is 0 Å². The number of benzene rings is 1. The van der Waals surface area contributed by atoms with E-state index >= 15 is 0 Å². The number of rotatable bonds is 5. The summed E-state index contributed by atoms with van der Waals surface area (Å²) in [4.78, 5) is 23.2. The van der Waals surface area contributed by atoms with E-state index in [-0.39, 0.29) is 32.0 Å². The Morgan fingerprint density at radius 1 is 1.20 bits per heavy atom. The van der Waals surface area contributed by atoms with Gasteiger partial charge in [0.15, 0.2) is 0 Å². The predicted octanol–water partition coefficient (Wildman–Crippen LogP) is 3.31. The number of halogens is 1. The molecule has 2 rings (SSSR count). The molecular formula is C18H25FN2O4. The lowest BCUT2D eigenvalue weighted by molar-refractivity contribution is 0.0160. The van der Waals surface area contributed by atoms with E-state index in [1.807, 2.05) is 30.3 Å². The molecule has 1 aliphatic rings. The van der Waals surface area contributed by atoms with E-state index in [4.69, 9.17) is 9.47 Å². The Morgan fingerprint density at radius 3 is 2.44 bits per heavy atom. The first-order valence-corrected chi connectivity index (χ1v) is 8.28. The van der Waals surface area contributed by atoms with E-state index in [0.717, 1.165) is 5.56 Å². The lowest BCUT2D eigenvalue weighted by atomic mass is 9.77. The number of ether oxygens (including phenoxy) is 2. The fraction of sp³-hybridized carbons (Fsp3) is 0.556. The van der Waals surface area contributed by atoms with Crippen LogP contribution in [0.15, 0.2) is 30.3 Å². The third-order valence-electron chi connectivity index (χ3n) is 3.71. The average Bonchev–Trinajstić information content (AvgIpc) is 2.49. The molecule has 6 nitrogen and oxygen atoms in total. The number of hydrogen-bond donors (Lipinski definition) is 2. The topological polar surface area (TPSA) is 76.7 Å². The highest BCUT2D eigenvalue weighted by Gasteiger charge is 2.46. The first kappa shape index (κ1) is 19.0. The lowest BCUT2D eigenvalue weighted by Gasteiger charge is -2.41. The van der Waals surface area contributed by atoms with Crippen molar-refractivity contribution < 1.29 is 23.5 Å². The summed E-state index contributed by atoms with van der Waals surface area (Å²) >= 11 is 0. The molecule has 1 aliphatic carbocycles. The summed E-state index contributed by atoms with van der Waals surface area (Å²) in [5, 5.41) is 5.04. The van der Waals surface area contributed by atoms with Gasteiger partial charge in [0, 0.05) is 18.9 Å². The molecule has 0 radical (unpaired) electrons. The van der Waals surface area contributed by atoms with E-state index < -0.39 is 23.5 Å². The summed E-state index contributed by atoms with van der Waals surface area (Å²) in [6, 6.07) is 9.00. The van der Waals surface area contributed by atoms with Gasteiger partial charge in [-0.2, -0.15) is 0 Å². The largest absolute Gasteiger partial charge is 0.445 e. The van der Waals surface area contributed by atoms with Crippen LogP contribution in [0.25, 0.3) is 0 Å². The van der Waals surface area contributed by atoms with Crippen molar-refractivity contribution in [2.24, 2.45) is 0 Å². The van der Waals surface area contributed by atoms with E-state index in [1.54, 1.807) is 20.8 Å². The van der Waals surface area contributed by atoms with Gasteiger partial charge in [0.1, 0.15) is 17.9 Å². The SMILES string of the molecule is CC(C)(C)OC(=O)NCC1(F)CC(NC(=O)OCc2ccccc2)C1. The summed E-state index contributed by atoms with van der Waals surface area (Å²) in [7, 11) is 0. The highest BCUT2D eigenvalue weighted by Crippen LogP contribution is 2.35. The number of alkyl carbamates (subject to hydrolysis) is 2. The zero-order valence-corrected chi connectivity index (χ0v) is 14.8. The zero-order chi connectivity index (χ0) is 18.5. The molecular weight excluding hydrogens is 327 g/mol. The molecule has 0 saturated heterocycles. The fourth-order valence-corrected chi connectivity index (χ4v) is 2.55. The van der Waals surface area contributed by atoms with Crippen LogP contribution in [0.3, 0.4) is 0 Å². The van der Waals surface area contributed by atoms with E-state index in [0.29, 0.717) is 0 Å². The first-order valence-electron chi connectivity index (χ1n) is 8.28. The van der Waals surface area contributed by atoms with Crippen molar-refractivity contribution in [2.75, 3.05) is 6.54 Å². The smallest absolute Gasteiger partial charge is 0.407 e. The maximum absolute atomic E-state index is 14.4. The summed E-state index contributed by atoms with van der Waals surface area (Å²) in [5.41, 5.74) is -1.28. The second-order valence-electron chi connectivity index (χ2n) is 7.32. The monoisotopic (exact) mass is 352 g/mol. The fourth-order valence-electron chi connectivity index (χ4n) is 2.55. The molecule has 138 valence electrons. The standard InChI is InChI=1S/C18H25FN2O4/c1-17(2,3)25-15(22)20-12-18(19)9-14(10-18)21-16(23)24-11-13-7-5-4-6-8-13/h4-8,14H,9-12H2,1-3H3,(H,20,22)(H,21,23). The van der Waals surface area contributed by atoms with E-state index in [2.05, 4.69) is 10.6 Å². The number of amides is 2. The summed E-state index contributed by atoms with van der Waals surface area (Å²) in [6.07, 6.45) is -0.967. The molecule has 0 aliphatic heterocycles. The predicted molar refractivity (Wildman–Crippen MR) is 90.9 cm³/mol. The second kappa shape index (κ2) is 7.72. The van der Waals surface area contributed by atoms with E-state index in [1.165, 1.54) is 0 Å². The molecule has 2 N–H and O–H groups in total. The molecule has 1 saturated carbocycles. The maximum atomic E-state index is 14.4. The molecule has 0 unspecified atom stereocenters. The maximum Gasteiger partial charge on any atom is 0.407 e. The molecule has 7 heteroatoms. The van der Waals surface area contributed by atoms with Crippen molar-refractivity contribution in [1.29, 1.82) is 0 Å². The Labute approximate surface area is 147 Å². The minimum atomic E-state index is -1.53. The van der Waals surface area contributed by atoms with Crippen molar-refractivity contribution in [1.82, 2.24) is 10.6 Å². The number of carbonyl (C=O) groups excluding carboxylic acids is 2. The van der Waals surface area contributed by atoms with Crippen LogP contribution < -0.4 is 10.6 Å². The quantitative estimate of drug-likeness (QED) is 0.852. The number of hydrogen-bond acceptors (Lipinski definition) is 4. The van der Waals surface area contributed by atoms with Gasteiger partial charge in [-0.15, -0.1) is 0 Å². The first-order chi connectivity index (χ1) is 11.7. The normalized spacial score (nSPS) is 22.5. The molecule has 0 spiro atoms. The van der Waals surface area contributed by atoms with Crippen LogP contribution in [-0.4, -0.2) is 36.0 Å². The number of nitrogens with one attached hydrogen (secondary N) is 2. The minimum Gasteiger partial charge on any atom is -0.445 e.